The smallest absolute Gasteiger partial charge is 0.394 e. The second kappa shape index (κ2) is 6.34. The summed E-state index contributed by atoms with van der Waals surface area (Å²) in [6.07, 6.45) is -4.55. The van der Waals surface area contributed by atoms with Crippen LogP contribution in [0.1, 0.15) is 26.3 Å². The van der Waals surface area contributed by atoms with Crippen molar-refractivity contribution in [2.45, 2.75) is 33.0 Å². The van der Waals surface area contributed by atoms with Crippen molar-refractivity contribution in [3.05, 3.63) is 29.8 Å². The molecule has 1 rings (SSSR count). The van der Waals surface area contributed by atoms with Crippen LogP contribution in [0.5, 0.6) is 0 Å². The Morgan fingerprint density at radius 1 is 1.24 bits per heavy atom. The van der Waals surface area contributed by atoms with Gasteiger partial charge in [-0.05, 0) is 17.5 Å². The number of urea groups is 1. The number of para-hydroxylation sites is 1. The highest BCUT2D eigenvalue weighted by Crippen LogP contribution is 2.34. The van der Waals surface area contributed by atoms with E-state index in [-0.39, 0.29) is 12.3 Å². The van der Waals surface area contributed by atoms with Crippen LogP contribution in [-0.4, -0.2) is 23.8 Å². The van der Waals surface area contributed by atoms with E-state index >= 15 is 0 Å². The van der Waals surface area contributed by atoms with E-state index in [2.05, 4.69) is 10.6 Å². The molecule has 3 N–H and O–H groups in total. The summed E-state index contributed by atoms with van der Waals surface area (Å²) in [4.78, 5) is 11.8. The lowest BCUT2D eigenvalue weighted by atomic mass is 9.87. The van der Waals surface area contributed by atoms with Crippen molar-refractivity contribution >= 4 is 11.7 Å². The van der Waals surface area contributed by atoms with Crippen LogP contribution < -0.4 is 10.6 Å². The van der Waals surface area contributed by atoms with Crippen LogP contribution in [0, 0.1) is 5.41 Å². The minimum Gasteiger partial charge on any atom is -0.394 e. The van der Waals surface area contributed by atoms with Crippen molar-refractivity contribution in [2.24, 2.45) is 5.41 Å². The number of nitrogens with one attached hydrogen (secondary N) is 2. The molecule has 4 nitrogen and oxygen atoms in total. The van der Waals surface area contributed by atoms with E-state index < -0.39 is 29.2 Å². The molecule has 0 saturated heterocycles. The molecule has 1 aromatic rings. The van der Waals surface area contributed by atoms with E-state index in [0.29, 0.717) is 0 Å². The van der Waals surface area contributed by atoms with Gasteiger partial charge in [0, 0.05) is 0 Å². The highest BCUT2D eigenvalue weighted by molar-refractivity contribution is 5.90. The van der Waals surface area contributed by atoms with E-state index in [0.717, 1.165) is 6.07 Å². The number of aliphatic hydroxyl groups is 1. The molecular weight excluding hydrogens is 285 g/mol. The van der Waals surface area contributed by atoms with Gasteiger partial charge in [0.25, 0.3) is 0 Å². The molecule has 0 spiro atoms. The Morgan fingerprint density at radius 3 is 2.29 bits per heavy atom. The first kappa shape index (κ1) is 17.3. The highest BCUT2D eigenvalue weighted by atomic mass is 19.4. The molecular formula is C14H19F3N2O2. The van der Waals surface area contributed by atoms with Gasteiger partial charge in [-0.2, -0.15) is 13.2 Å². The Morgan fingerprint density at radius 2 is 1.81 bits per heavy atom. The van der Waals surface area contributed by atoms with Gasteiger partial charge >= 0.3 is 12.2 Å². The van der Waals surface area contributed by atoms with Crippen molar-refractivity contribution in [1.82, 2.24) is 5.32 Å². The minimum absolute atomic E-state index is 0.308. The van der Waals surface area contributed by atoms with Crippen LogP contribution in [0.25, 0.3) is 0 Å². The van der Waals surface area contributed by atoms with Crippen LogP contribution in [0.4, 0.5) is 23.7 Å². The predicted molar refractivity (Wildman–Crippen MR) is 73.9 cm³/mol. The van der Waals surface area contributed by atoms with Gasteiger partial charge in [0.15, 0.2) is 0 Å². The largest absolute Gasteiger partial charge is 0.418 e. The molecule has 0 bridgehead atoms. The fourth-order valence-corrected chi connectivity index (χ4v) is 1.69. The molecule has 0 aliphatic rings. The number of aliphatic hydroxyl groups excluding tert-OH is 1. The van der Waals surface area contributed by atoms with Crippen LogP contribution in [0.15, 0.2) is 24.3 Å². The van der Waals surface area contributed by atoms with Gasteiger partial charge in [0.05, 0.1) is 23.9 Å². The molecule has 0 unspecified atom stereocenters. The first-order valence-electron chi connectivity index (χ1n) is 6.40. The molecule has 0 fully saturated rings. The highest BCUT2D eigenvalue weighted by Gasteiger charge is 2.34. The van der Waals surface area contributed by atoms with E-state index in [9.17, 15) is 23.1 Å². The molecule has 2 amide bonds. The average Bonchev–Trinajstić information content (AvgIpc) is 2.34. The Kier molecular flexibility index (Phi) is 5.22. The number of carbonyl (C=O) groups is 1. The number of carbonyl (C=O) groups excluding carboxylic acids is 1. The fraction of sp³-hybridized carbons (Fsp3) is 0.500. The molecule has 21 heavy (non-hydrogen) atoms. The Bertz CT molecular complexity index is 496. The second-order valence-electron chi connectivity index (χ2n) is 5.74. The van der Waals surface area contributed by atoms with Gasteiger partial charge < -0.3 is 15.7 Å². The molecule has 0 aliphatic heterocycles. The molecule has 0 saturated carbocycles. The maximum Gasteiger partial charge on any atom is 0.418 e. The topological polar surface area (TPSA) is 61.4 Å². The lowest BCUT2D eigenvalue weighted by Crippen LogP contribution is -2.47. The van der Waals surface area contributed by atoms with Crippen molar-refractivity contribution in [3.63, 3.8) is 0 Å². The number of hydrogen-bond donors (Lipinski definition) is 3. The number of hydrogen-bond acceptors (Lipinski definition) is 2. The normalized spacial score (nSPS) is 13.7. The molecule has 0 radical (unpaired) electrons. The molecule has 0 aliphatic carbocycles. The first-order chi connectivity index (χ1) is 9.55. The lowest BCUT2D eigenvalue weighted by molar-refractivity contribution is -0.136. The molecule has 0 aromatic heterocycles. The van der Waals surface area contributed by atoms with Gasteiger partial charge in [0.2, 0.25) is 0 Å². The number of benzene rings is 1. The molecule has 0 heterocycles. The SMILES string of the molecule is CC(C)(C)[C@@H](CO)NC(=O)Nc1ccccc1C(F)(F)F. The fourth-order valence-electron chi connectivity index (χ4n) is 1.69. The number of rotatable bonds is 3. The summed E-state index contributed by atoms with van der Waals surface area (Å²) in [5, 5.41) is 13.9. The molecule has 7 heteroatoms. The van der Waals surface area contributed by atoms with E-state index in [1.165, 1.54) is 18.2 Å². The van der Waals surface area contributed by atoms with E-state index in [4.69, 9.17) is 0 Å². The Balaban J connectivity index is 2.85. The van der Waals surface area contributed by atoms with E-state index in [1.54, 1.807) is 20.8 Å². The summed E-state index contributed by atoms with van der Waals surface area (Å²) in [5.74, 6) is 0. The summed E-state index contributed by atoms with van der Waals surface area (Å²) in [6.45, 7) is 5.10. The lowest BCUT2D eigenvalue weighted by Gasteiger charge is -2.30. The molecule has 118 valence electrons. The van der Waals surface area contributed by atoms with Crippen molar-refractivity contribution < 1.29 is 23.1 Å². The summed E-state index contributed by atoms with van der Waals surface area (Å²) < 4.78 is 38.4. The minimum atomic E-state index is -4.55. The van der Waals surface area contributed by atoms with Crippen molar-refractivity contribution in [1.29, 1.82) is 0 Å². The van der Waals surface area contributed by atoms with Gasteiger partial charge in [0.1, 0.15) is 0 Å². The summed E-state index contributed by atoms with van der Waals surface area (Å²) in [6, 6.07) is 3.35. The summed E-state index contributed by atoms with van der Waals surface area (Å²) in [5.41, 5.74) is -1.67. The predicted octanol–water partition coefficient (Wildman–Crippen LogP) is 3.23. The van der Waals surface area contributed by atoms with Crippen molar-refractivity contribution in [3.8, 4) is 0 Å². The third-order valence-corrected chi connectivity index (χ3v) is 3.01. The maximum atomic E-state index is 12.8. The summed E-state index contributed by atoms with van der Waals surface area (Å²) in [7, 11) is 0. The Hall–Kier alpha value is -1.76. The summed E-state index contributed by atoms with van der Waals surface area (Å²) >= 11 is 0. The number of anilines is 1. The monoisotopic (exact) mass is 304 g/mol. The number of alkyl halides is 3. The third kappa shape index (κ3) is 4.93. The first-order valence-corrected chi connectivity index (χ1v) is 6.40. The van der Waals surface area contributed by atoms with Crippen LogP contribution in [0.2, 0.25) is 0 Å². The number of amides is 2. The molecule has 1 aromatic carbocycles. The van der Waals surface area contributed by atoms with Crippen LogP contribution in [0.3, 0.4) is 0 Å². The third-order valence-electron chi connectivity index (χ3n) is 3.01. The number of halogens is 3. The van der Waals surface area contributed by atoms with Gasteiger partial charge in [-0.15, -0.1) is 0 Å². The maximum absolute atomic E-state index is 12.8. The van der Waals surface area contributed by atoms with Gasteiger partial charge in [-0.3, -0.25) is 0 Å². The Labute approximate surface area is 121 Å². The van der Waals surface area contributed by atoms with E-state index in [1.807, 2.05) is 0 Å². The van der Waals surface area contributed by atoms with Gasteiger partial charge in [-0.1, -0.05) is 32.9 Å². The standard InChI is InChI=1S/C14H19F3N2O2/c1-13(2,3)11(8-20)19-12(21)18-10-7-5-4-6-9(10)14(15,16)17/h4-7,11,20H,8H2,1-3H3,(H2,18,19,21)/t11-/m1/s1. The van der Waals surface area contributed by atoms with Crippen LogP contribution in [-0.2, 0) is 6.18 Å². The average molecular weight is 304 g/mol. The zero-order chi connectivity index (χ0) is 16.3. The van der Waals surface area contributed by atoms with Crippen molar-refractivity contribution in [2.75, 3.05) is 11.9 Å². The zero-order valence-corrected chi connectivity index (χ0v) is 12.1. The van der Waals surface area contributed by atoms with Gasteiger partial charge in [-0.25, -0.2) is 4.79 Å². The molecule has 1 atom stereocenters. The quantitative estimate of drug-likeness (QED) is 0.803. The van der Waals surface area contributed by atoms with Crippen LogP contribution >= 0.6 is 0 Å². The second-order valence-corrected chi connectivity index (χ2v) is 5.74. The zero-order valence-electron chi connectivity index (χ0n) is 12.1.